The Kier molecular flexibility index (Phi) is 10.1. The molecule has 0 bridgehead atoms. The molecule has 0 aromatic heterocycles. The van der Waals surface area contributed by atoms with Gasteiger partial charge in [0.15, 0.2) is 0 Å². The molecule has 8 nitrogen and oxygen atoms in total. The molecule has 35 heavy (non-hydrogen) atoms. The summed E-state index contributed by atoms with van der Waals surface area (Å²) in [6.45, 7) is 9.90. The minimum absolute atomic E-state index is 0.168. The highest BCUT2D eigenvalue weighted by Gasteiger charge is 2.31. The average Bonchev–Trinajstić information content (AvgIpc) is 2.79. The van der Waals surface area contributed by atoms with Crippen LogP contribution in [0.5, 0.6) is 5.75 Å². The quantitative estimate of drug-likeness (QED) is 0.479. The Morgan fingerprint density at radius 2 is 1.74 bits per heavy atom. The molecule has 0 aliphatic carbocycles. The maximum atomic E-state index is 13.6. The highest BCUT2D eigenvalue weighted by Crippen LogP contribution is 2.30. The number of ether oxygens (including phenoxy) is 1. The van der Waals surface area contributed by atoms with E-state index in [9.17, 15) is 18.0 Å². The van der Waals surface area contributed by atoms with E-state index in [1.54, 1.807) is 38.1 Å². The molecule has 0 saturated heterocycles. The predicted octanol–water partition coefficient (Wildman–Crippen LogP) is 3.35. The van der Waals surface area contributed by atoms with E-state index in [1.165, 1.54) is 4.90 Å². The summed E-state index contributed by atoms with van der Waals surface area (Å²) >= 11 is 0. The number of carbonyl (C=O) groups excluding carboxylic acids is 2. The maximum absolute atomic E-state index is 13.6. The van der Waals surface area contributed by atoms with Crippen molar-refractivity contribution in [3.63, 3.8) is 0 Å². The summed E-state index contributed by atoms with van der Waals surface area (Å²) in [5.41, 5.74) is 2.15. The van der Waals surface area contributed by atoms with Gasteiger partial charge >= 0.3 is 0 Å². The van der Waals surface area contributed by atoms with E-state index in [4.69, 9.17) is 4.74 Å². The molecule has 1 atom stereocenters. The van der Waals surface area contributed by atoms with E-state index < -0.39 is 28.5 Å². The summed E-state index contributed by atoms with van der Waals surface area (Å²) in [4.78, 5) is 27.9. The molecule has 0 spiro atoms. The topological polar surface area (TPSA) is 96.0 Å². The van der Waals surface area contributed by atoms with Crippen molar-refractivity contribution in [2.45, 2.75) is 47.2 Å². The van der Waals surface area contributed by atoms with Crippen LogP contribution in [0.3, 0.4) is 0 Å². The zero-order valence-electron chi connectivity index (χ0n) is 21.4. The largest absolute Gasteiger partial charge is 0.492 e. The van der Waals surface area contributed by atoms with Gasteiger partial charge in [-0.15, -0.1) is 0 Å². The lowest BCUT2D eigenvalue weighted by Gasteiger charge is -2.32. The van der Waals surface area contributed by atoms with Crippen molar-refractivity contribution in [2.24, 2.45) is 5.92 Å². The third-order valence-electron chi connectivity index (χ3n) is 5.40. The molecule has 0 radical (unpaired) electrons. The smallest absolute Gasteiger partial charge is 0.244 e. The number of hydrogen-bond donors (Lipinski definition) is 1. The number of para-hydroxylation sites is 2. The van der Waals surface area contributed by atoms with Crippen LogP contribution in [0.4, 0.5) is 5.69 Å². The first-order valence-corrected chi connectivity index (χ1v) is 13.6. The van der Waals surface area contributed by atoms with Gasteiger partial charge in [0.25, 0.3) is 0 Å². The second-order valence-electron chi connectivity index (χ2n) is 9.00. The number of nitrogens with one attached hydrogen (secondary N) is 1. The standard InChI is InChI=1S/C26H37N3O5S/c1-7-34-24-14-9-8-13-23(24)29(35(6,32)33)18-25(30)28(17-22-12-10-11-20(4)15-22)21(5)26(31)27-16-19(2)3/h8-15,19,21H,7,16-18H2,1-6H3,(H,27,31)/t21-/m1/s1. The summed E-state index contributed by atoms with van der Waals surface area (Å²) in [6, 6.07) is 13.5. The molecule has 0 fully saturated rings. The summed E-state index contributed by atoms with van der Waals surface area (Å²) in [5, 5.41) is 2.87. The molecule has 1 N–H and O–H groups in total. The Morgan fingerprint density at radius 3 is 2.34 bits per heavy atom. The van der Waals surface area contributed by atoms with E-state index in [0.717, 1.165) is 21.7 Å². The number of rotatable bonds is 12. The van der Waals surface area contributed by atoms with Gasteiger partial charge in [0.1, 0.15) is 18.3 Å². The summed E-state index contributed by atoms with van der Waals surface area (Å²) in [5.74, 6) is -0.167. The van der Waals surface area contributed by atoms with Gasteiger partial charge < -0.3 is 15.0 Å². The van der Waals surface area contributed by atoms with Gasteiger partial charge in [0.05, 0.1) is 18.6 Å². The van der Waals surface area contributed by atoms with Crippen LogP contribution in [0, 0.1) is 12.8 Å². The van der Waals surface area contributed by atoms with Crippen LogP contribution in [0.25, 0.3) is 0 Å². The minimum atomic E-state index is -3.83. The molecule has 0 saturated carbocycles. The fourth-order valence-corrected chi connectivity index (χ4v) is 4.43. The number of nitrogens with zero attached hydrogens (tertiary/aromatic N) is 2. The van der Waals surface area contributed by atoms with E-state index in [0.29, 0.717) is 18.9 Å². The molecule has 2 rings (SSSR count). The Morgan fingerprint density at radius 1 is 1.06 bits per heavy atom. The number of amides is 2. The third-order valence-corrected chi connectivity index (χ3v) is 6.53. The third kappa shape index (κ3) is 8.28. The molecule has 192 valence electrons. The van der Waals surface area contributed by atoms with Gasteiger partial charge in [-0.25, -0.2) is 8.42 Å². The lowest BCUT2D eigenvalue weighted by atomic mass is 10.1. The minimum Gasteiger partial charge on any atom is -0.492 e. The van der Waals surface area contributed by atoms with Crippen molar-refractivity contribution in [3.8, 4) is 5.75 Å². The Hall–Kier alpha value is -3.07. The molecule has 0 aliphatic rings. The monoisotopic (exact) mass is 503 g/mol. The fourth-order valence-electron chi connectivity index (χ4n) is 3.58. The van der Waals surface area contributed by atoms with Crippen LogP contribution in [0.15, 0.2) is 48.5 Å². The summed E-state index contributed by atoms with van der Waals surface area (Å²) in [7, 11) is -3.83. The van der Waals surface area contributed by atoms with Crippen molar-refractivity contribution >= 4 is 27.5 Å². The molecule has 0 unspecified atom stereocenters. The number of anilines is 1. The van der Waals surface area contributed by atoms with Crippen LogP contribution in [-0.4, -0.2) is 57.1 Å². The fraction of sp³-hybridized carbons (Fsp3) is 0.462. The number of hydrogen-bond acceptors (Lipinski definition) is 5. The van der Waals surface area contributed by atoms with Gasteiger partial charge in [0, 0.05) is 13.1 Å². The first-order valence-electron chi connectivity index (χ1n) is 11.8. The second-order valence-corrected chi connectivity index (χ2v) is 10.9. The zero-order chi connectivity index (χ0) is 26.2. The number of aryl methyl sites for hydroxylation is 1. The molecule has 0 aliphatic heterocycles. The predicted molar refractivity (Wildman–Crippen MR) is 139 cm³/mol. The number of sulfonamides is 1. The number of carbonyl (C=O) groups is 2. The summed E-state index contributed by atoms with van der Waals surface area (Å²) < 4.78 is 32.1. The molecule has 2 amide bonds. The first-order chi connectivity index (χ1) is 16.4. The Labute approximate surface area is 209 Å². The Bertz CT molecular complexity index is 1120. The van der Waals surface area contributed by atoms with E-state index in [1.807, 2.05) is 45.0 Å². The molecular formula is C26H37N3O5S. The van der Waals surface area contributed by atoms with Crippen molar-refractivity contribution in [1.29, 1.82) is 0 Å². The van der Waals surface area contributed by atoms with E-state index >= 15 is 0 Å². The van der Waals surface area contributed by atoms with Gasteiger partial charge in [-0.1, -0.05) is 55.8 Å². The normalized spacial score (nSPS) is 12.2. The van der Waals surface area contributed by atoms with Crippen LogP contribution in [-0.2, 0) is 26.2 Å². The van der Waals surface area contributed by atoms with Crippen LogP contribution < -0.4 is 14.4 Å². The average molecular weight is 504 g/mol. The van der Waals surface area contributed by atoms with Crippen molar-refractivity contribution < 1.29 is 22.7 Å². The van der Waals surface area contributed by atoms with Crippen molar-refractivity contribution in [3.05, 3.63) is 59.7 Å². The van der Waals surface area contributed by atoms with E-state index in [-0.39, 0.29) is 24.1 Å². The van der Waals surface area contributed by atoms with Crippen LogP contribution in [0.2, 0.25) is 0 Å². The summed E-state index contributed by atoms with van der Waals surface area (Å²) in [6.07, 6.45) is 1.05. The second kappa shape index (κ2) is 12.6. The first kappa shape index (κ1) is 28.2. The molecule has 0 heterocycles. The highest BCUT2D eigenvalue weighted by molar-refractivity contribution is 7.92. The van der Waals surface area contributed by atoms with Crippen LogP contribution >= 0.6 is 0 Å². The van der Waals surface area contributed by atoms with Gasteiger partial charge in [-0.3, -0.25) is 13.9 Å². The SMILES string of the molecule is CCOc1ccccc1N(CC(=O)N(Cc1cccc(C)c1)[C@H](C)C(=O)NCC(C)C)S(C)(=O)=O. The molecular weight excluding hydrogens is 466 g/mol. The highest BCUT2D eigenvalue weighted by atomic mass is 32.2. The van der Waals surface area contributed by atoms with Crippen molar-refractivity contribution in [1.82, 2.24) is 10.2 Å². The lowest BCUT2D eigenvalue weighted by Crippen LogP contribution is -2.51. The molecule has 9 heteroatoms. The van der Waals surface area contributed by atoms with Gasteiger partial charge in [0.2, 0.25) is 21.8 Å². The zero-order valence-corrected chi connectivity index (χ0v) is 22.3. The maximum Gasteiger partial charge on any atom is 0.244 e. The Balaban J connectivity index is 2.41. The lowest BCUT2D eigenvalue weighted by molar-refractivity contribution is -0.139. The number of benzene rings is 2. The van der Waals surface area contributed by atoms with Crippen LogP contribution in [0.1, 0.15) is 38.8 Å². The molecule has 2 aromatic carbocycles. The van der Waals surface area contributed by atoms with Gasteiger partial charge in [-0.2, -0.15) is 0 Å². The molecule has 2 aromatic rings. The van der Waals surface area contributed by atoms with Crippen molar-refractivity contribution in [2.75, 3.05) is 30.3 Å². The van der Waals surface area contributed by atoms with Gasteiger partial charge in [-0.05, 0) is 44.4 Å². The van der Waals surface area contributed by atoms with E-state index in [2.05, 4.69) is 5.32 Å².